The third-order valence-corrected chi connectivity index (χ3v) is 2.54. The first-order valence-electron chi connectivity index (χ1n) is 5.11. The fourth-order valence-electron chi connectivity index (χ4n) is 1.69. The van der Waals surface area contributed by atoms with Gasteiger partial charge in [0.25, 0.3) is 5.91 Å². The Hall–Kier alpha value is -1.84. The first kappa shape index (κ1) is 10.7. The number of amides is 1. The van der Waals surface area contributed by atoms with Crippen molar-refractivity contribution >= 4 is 5.91 Å². The van der Waals surface area contributed by atoms with Gasteiger partial charge in [-0.2, -0.15) is 0 Å². The summed E-state index contributed by atoms with van der Waals surface area (Å²) in [7, 11) is 0. The van der Waals surface area contributed by atoms with E-state index in [0.29, 0.717) is 0 Å². The van der Waals surface area contributed by atoms with Crippen molar-refractivity contribution in [2.24, 2.45) is 0 Å². The highest BCUT2D eigenvalue weighted by Gasteiger charge is 2.17. The molecule has 1 aromatic rings. The average Bonchev–Trinajstić information content (AvgIpc) is 2.70. The topological polar surface area (TPSA) is 49.3 Å². The van der Waals surface area contributed by atoms with Gasteiger partial charge in [-0.15, -0.1) is 0 Å². The van der Waals surface area contributed by atoms with E-state index >= 15 is 0 Å². The molecule has 0 aromatic heterocycles. The van der Waals surface area contributed by atoms with E-state index in [4.69, 9.17) is 5.11 Å². The summed E-state index contributed by atoms with van der Waals surface area (Å²) in [6.45, 7) is 0. The lowest BCUT2D eigenvalue weighted by molar-refractivity contribution is 0.0935. The van der Waals surface area contributed by atoms with Crippen molar-refractivity contribution in [3.63, 3.8) is 0 Å². The molecule has 1 aliphatic carbocycles. The van der Waals surface area contributed by atoms with Crippen LogP contribution in [0, 0.1) is 5.82 Å². The molecule has 0 saturated carbocycles. The predicted octanol–water partition coefficient (Wildman–Crippen LogP) is 1.98. The first-order chi connectivity index (χ1) is 7.66. The van der Waals surface area contributed by atoms with Gasteiger partial charge in [0, 0.05) is 12.1 Å². The summed E-state index contributed by atoms with van der Waals surface area (Å²) in [5.41, 5.74) is -0.0373. The van der Waals surface area contributed by atoms with Crippen LogP contribution in [0.15, 0.2) is 30.4 Å². The molecule has 84 valence electrons. The number of carbonyl (C=O) groups is 1. The standard InChI is InChI=1S/C12H12FNO2/c13-11-7-9(15)5-6-10(11)12(16)14-8-3-1-2-4-8/h1-2,5-8,15H,3-4H2,(H,14,16). The maximum atomic E-state index is 13.3. The maximum absolute atomic E-state index is 13.3. The number of hydrogen-bond acceptors (Lipinski definition) is 2. The van der Waals surface area contributed by atoms with Crippen LogP contribution in [0.25, 0.3) is 0 Å². The second kappa shape index (κ2) is 4.35. The van der Waals surface area contributed by atoms with Crippen molar-refractivity contribution in [1.29, 1.82) is 0 Å². The molecule has 1 amide bonds. The second-order valence-corrected chi connectivity index (χ2v) is 3.78. The summed E-state index contributed by atoms with van der Waals surface area (Å²) < 4.78 is 13.3. The van der Waals surface area contributed by atoms with Crippen LogP contribution in [0.5, 0.6) is 5.75 Å². The minimum absolute atomic E-state index is 0.0373. The van der Waals surface area contributed by atoms with Gasteiger partial charge in [-0.05, 0) is 25.0 Å². The lowest BCUT2D eigenvalue weighted by Crippen LogP contribution is -2.33. The molecule has 0 fully saturated rings. The highest BCUT2D eigenvalue weighted by Crippen LogP contribution is 2.16. The summed E-state index contributed by atoms with van der Waals surface area (Å²) in [4.78, 5) is 11.7. The van der Waals surface area contributed by atoms with Crippen LogP contribution >= 0.6 is 0 Å². The Morgan fingerprint density at radius 2 is 2.06 bits per heavy atom. The van der Waals surface area contributed by atoms with Crippen LogP contribution in [-0.2, 0) is 0 Å². The number of carbonyl (C=O) groups excluding carboxylic acids is 1. The molecule has 0 heterocycles. The Kier molecular flexibility index (Phi) is 2.90. The zero-order valence-corrected chi connectivity index (χ0v) is 8.61. The van der Waals surface area contributed by atoms with Crippen molar-refractivity contribution in [2.75, 3.05) is 0 Å². The Balaban J connectivity index is 2.08. The SMILES string of the molecule is O=C(NC1CC=CC1)c1ccc(O)cc1F. The number of nitrogens with one attached hydrogen (secondary N) is 1. The van der Waals surface area contributed by atoms with Crippen LogP contribution in [0.2, 0.25) is 0 Å². The third-order valence-electron chi connectivity index (χ3n) is 2.54. The Morgan fingerprint density at radius 1 is 1.38 bits per heavy atom. The molecule has 0 atom stereocenters. The zero-order chi connectivity index (χ0) is 11.5. The number of hydrogen-bond donors (Lipinski definition) is 2. The molecule has 0 bridgehead atoms. The Morgan fingerprint density at radius 3 is 2.69 bits per heavy atom. The number of aromatic hydroxyl groups is 1. The van der Waals surface area contributed by atoms with Crippen molar-refractivity contribution in [2.45, 2.75) is 18.9 Å². The monoisotopic (exact) mass is 221 g/mol. The average molecular weight is 221 g/mol. The van der Waals surface area contributed by atoms with Crippen molar-refractivity contribution in [3.05, 3.63) is 41.7 Å². The summed E-state index contributed by atoms with van der Waals surface area (Å²) in [5, 5.41) is 11.8. The molecule has 16 heavy (non-hydrogen) atoms. The molecular weight excluding hydrogens is 209 g/mol. The molecule has 1 aromatic carbocycles. The quantitative estimate of drug-likeness (QED) is 0.750. The van der Waals surface area contributed by atoms with E-state index in [1.165, 1.54) is 12.1 Å². The second-order valence-electron chi connectivity index (χ2n) is 3.78. The lowest BCUT2D eigenvalue weighted by Gasteiger charge is -2.12. The van der Waals surface area contributed by atoms with Crippen molar-refractivity contribution in [3.8, 4) is 5.75 Å². The van der Waals surface area contributed by atoms with Crippen LogP contribution in [0.4, 0.5) is 4.39 Å². The van der Waals surface area contributed by atoms with Gasteiger partial charge in [-0.1, -0.05) is 12.2 Å². The number of rotatable bonds is 2. The molecule has 0 saturated heterocycles. The minimum Gasteiger partial charge on any atom is -0.508 e. The predicted molar refractivity (Wildman–Crippen MR) is 57.7 cm³/mol. The van der Waals surface area contributed by atoms with E-state index in [-0.39, 0.29) is 17.4 Å². The van der Waals surface area contributed by atoms with Crippen molar-refractivity contribution in [1.82, 2.24) is 5.32 Å². The van der Waals surface area contributed by atoms with E-state index in [2.05, 4.69) is 5.32 Å². The zero-order valence-electron chi connectivity index (χ0n) is 8.61. The molecule has 0 aliphatic heterocycles. The largest absolute Gasteiger partial charge is 0.508 e. The molecule has 2 rings (SSSR count). The molecule has 4 heteroatoms. The molecule has 3 nitrogen and oxygen atoms in total. The van der Waals surface area contributed by atoms with Crippen LogP contribution in [0.1, 0.15) is 23.2 Å². The fraction of sp³-hybridized carbons (Fsp3) is 0.250. The van der Waals surface area contributed by atoms with Crippen LogP contribution in [0.3, 0.4) is 0 Å². The maximum Gasteiger partial charge on any atom is 0.254 e. The number of halogens is 1. The van der Waals surface area contributed by atoms with Gasteiger partial charge in [0.2, 0.25) is 0 Å². The van der Waals surface area contributed by atoms with E-state index in [1.54, 1.807) is 0 Å². The number of phenols is 1. The van der Waals surface area contributed by atoms with Crippen molar-refractivity contribution < 1.29 is 14.3 Å². The van der Waals surface area contributed by atoms with Crippen LogP contribution < -0.4 is 5.32 Å². The highest BCUT2D eigenvalue weighted by molar-refractivity contribution is 5.94. The van der Waals surface area contributed by atoms with Gasteiger partial charge >= 0.3 is 0 Å². The van der Waals surface area contributed by atoms with E-state index in [0.717, 1.165) is 18.9 Å². The van der Waals surface area contributed by atoms with Gasteiger partial charge in [-0.3, -0.25) is 4.79 Å². The van der Waals surface area contributed by atoms with Gasteiger partial charge in [0.15, 0.2) is 0 Å². The number of phenolic OH excluding ortho intramolecular Hbond substituents is 1. The molecule has 0 unspecified atom stereocenters. The third kappa shape index (κ3) is 2.21. The van der Waals surface area contributed by atoms with Crippen LogP contribution in [-0.4, -0.2) is 17.1 Å². The molecule has 0 radical (unpaired) electrons. The summed E-state index contributed by atoms with van der Waals surface area (Å²) >= 11 is 0. The normalized spacial score (nSPS) is 15.3. The highest BCUT2D eigenvalue weighted by atomic mass is 19.1. The Labute approximate surface area is 92.6 Å². The van der Waals surface area contributed by atoms with E-state index < -0.39 is 11.7 Å². The minimum atomic E-state index is -0.705. The lowest BCUT2D eigenvalue weighted by atomic mass is 10.1. The van der Waals surface area contributed by atoms with Gasteiger partial charge < -0.3 is 10.4 Å². The van der Waals surface area contributed by atoms with E-state index in [1.807, 2.05) is 12.2 Å². The van der Waals surface area contributed by atoms with Gasteiger partial charge in [0.05, 0.1) is 5.56 Å². The smallest absolute Gasteiger partial charge is 0.254 e. The Bertz CT molecular complexity index is 435. The summed E-state index contributed by atoms with van der Waals surface area (Å²) in [6, 6.07) is 3.57. The van der Waals surface area contributed by atoms with E-state index in [9.17, 15) is 9.18 Å². The molecule has 2 N–H and O–H groups in total. The molecule has 1 aliphatic rings. The number of benzene rings is 1. The summed E-state index contributed by atoms with van der Waals surface area (Å²) in [6.07, 6.45) is 5.53. The van der Waals surface area contributed by atoms with Gasteiger partial charge in [-0.25, -0.2) is 4.39 Å². The molecular formula is C12H12FNO2. The van der Waals surface area contributed by atoms with Gasteiger partial charge in [0.1, 0.15) is 11.6 Å². The first-order valence-corrected chi connectivity index (χ1v) is 5.11. The fourth-order valence-corrected chi connectivity index (χ4v) is 1.69. The summed E-state index contributed by atoms with van der Waals surface area (Å²) in [5.74, 6) is -1.33. The molecule has 0 spiro atoms.